The van der Waals surface area contributed by atoms with Crippen LogP contribution in [0.5, 0.6) is 0 Å². The molecule has 1 unspecified atom stereocenters. The molecule has 0 aliphatic carbocycles. The Morgan fingerprint density at radius 2 is 1.88 bits per heavy atom. The lowest BCUT2D eigenvalue weighted by Gasteiger charge is -2.21. The summed E-state index contributed by atoms with van der Waals surface area (Å²) in [4.78, 5) is 0. The van der Waals surface area contributed by atoms with Gasteiger partial charge in [-0.25, -0.2) is 0 Å². The Labute approximate surface area is 110 Å². The minimum absolute atomic E-state index is 0.154. The fourth-order valence-corrected chi connectivity index (χ4v) is 1.08. The number of hydrogen-bond acceptors (Lipinski definition) is 2. The monoisotopic (exact) mass is 255 g/mol. The van der Waals surface area contributed by atoms with Gasteiger partial charge in [-0.05, 0) is 38.0 Å². The van der Waals surface area contributed by atoms with Crippen LogP contribution in [0.15, 0.2) is 47.9 Å². The normalized spacial score (nSPS) is 14.5. The Morgan fingerprint density at radius 3 is 2.29 bits per heavy atom. The molecule has 96 valence electrons. The standard InChI is InChI=1S/C14H22ClNO/c1-7-14(9-8-11(4)15)17-13(6)16-12(5)10(2)3/h7-10,13,16H,1,5H2,2-4,6H3/b11-8+,14-9+. The number of halogens is 1. The van der Waals surface area contributed by atoms with E-state index >= 15 is 0 Å². The molecule has 3 heteroatoms. The second-order valence-corrected chi connectivity index (χ2v) is 4.71. The lowest BCUT2D eigenvalue weighted by molar-refractivity contribution is 0.118. The molecule has 0 fully saturated rings. The summed E-state index contributed by atoms with van der Waals surface area (Å²) in [5, 5.41) is 3.87. The highest BCUT2D eigenvalue weighted by Crippen LogP contribution is 2.09. The van der Waals surface area contributed by atoms with Crippen molar-refractivity contribution in [1.29, 1.82) is 0 Å². The molecule has 2 nitrogen and oxygen atoms in total. The molecule has 1 N–H and O–H groups in total. The summed E-state index contributed by atoms with van der Waals surface area (Å²) < 4.78 is 5.64. The van der Waals surface area contributed by atoms with E-state index in [1.807, 2.05) is 6.92 Å². The quantitative estimate of drug-likeness (QED) is 0.416. The third-order valence-corrected chi connectivity index (χ3v) is 2.20. The van der Waals surface area contributed by atoms with Crippen molar-refractivity contribution in [3.63, 3.8) is 0 Å². The first-order valence-electron chi connectivity index (χ1n) is 5.65. The van der Waals surface area contributed by atoms with E-state index in [2.05, 4.69) is 32.3 Å². The van der Waals surface area contributed by atoms with Crippen LogP contribution in [-0.2, 0) is 4.74 Å². The smallest absolute Gasteiger partial charge is 0.166 e. The summed E-state index contributed by atoms with van der Waals surface area (Å²) >= 11 is 5.74. The minimum Gasteiger partial charge on any atom is -0.471 e. The average Bonchev–Trinajstić information content (AvgIpc) is 2.23. The number of allylic oxidation sites excluding steroid dienone is 5. The van der Waals surface area contributed by atoms with Crippen LogP contribution in [-0.4, -0.2) is 6.23 Å². The van der Waals surface area contributed by atoms with E-state index in [-0.39, 0.29) is 6.23 Å². The first-order chi connectivity index (χ1) is 7.86. The molecule has 0 rings (SSSR count). The maximum absolute atomic E-state index is 5.74. The molecule has 1 atom stereocenters. The zero-order chi connectivity index (χ0) is 13.4. The van der Waals surface area contributed by atoms with E-state index < -0.39 is 0 Å². The van der Waals surface area contributed by atoms with Crippen molar-refractivity contribution in [2.45, 2.75) is 33.9 Å². The lowest BCUT2D eigenvalue weighted by atomic mass is 10.1. The fraction of sp³-hybridized carbons (Fsp3) is 0.429. The summed E-state index contributed by atoms with van der Waals surface area (Å²) in [6, 6.07) is 0. The number of rotatable bonds is 7. The topological polar surface area (TPSA) is 21.3 Å². The van der Waals surface area contributed by atoms with Gasteiger partial charge in [0, 0.05) is 10.7 Å². The molecule has 0 saturated heterocycles. The third kappa shape index (κ3) is 7.70. The van der Waals surface area contributed by atoms with Gasteiger partial charge in [0.05, 0.1) is 0 Å². The molecule has 0 aromatic rings. The molecule has 0 heterocycles. The van der Waals surface area contributed by atoms with Crippen molar-refractivity contribution < 1.29 is 4.74 Å². The summed E-state index contributed by atoms with van der Waals surface area (Å²) in [6.07, 6.45) is 5.04. The summed E-state index contributed by atoms with van der Waals surface area (Å²) in [5.74, 6) is 1.05. The Hall–Kier alpha value is -1.15. The largest absolute Gasteiger partial charge is 0.471 e. The highest BCUT2D eigenvalue weighted by Gasteiger charge is 2.06. The molecule has 0 aliphatic rings. The van der Waals surface area contributed by atoms with Crippen molar-refractivity contribution >= 4 is 11.6 Å². The van der Waals surface area contributed by atoms with E-state index in [0.717, 1.165) is 5.70 Å². The maximum atomic E-state index is 5.74. The second kappa shape index (κ2) is 8.02. The first kappa shape index (κ1) is 15.9. The molecule has 0 saturated carbocycles. The van der Waals surface area contributed by atoms with Gasteiger partial charge in [0.2, 0.25) is 0 Å². The van der Waals surface area contributed by atoms with E-state index in [4.69, 9.17) is 16.3 Å². The number of hydrogen-bond donors (Lipinski definition) is 1. The van der Waals surface area contributed by atoms with Crippen LogP contribution >= 0.6 is 11.6 Å². The van der Waals surface area contributed by atoms with Gasteiger partial charge in [-0.15, -0.1) is 0 Å². The van der Waals surface area contributed by atoms with Gasteiger partial charge in [0.25, 0.3) is 0 Å². The predicted octanol–water partition coefficient (Wildman–Crippen LogP) is 4.32. The van der Waals surface area contributed by atoms with Crippen molar-refractivity contribution in [2.75, 3.05) is 0 Å². The van der Waals surface area contributed by atoms with Crippen molar-refractivity contribution in [1.82, 2.24) is 5.32 Å². The van der Waals surface area contributed by atoms with Crippen LogP contribution in [0.3, 0.4) is 0 Å². The Morgan fingerprint density at radius 1 is 1.29 bits per heavy atom. The van der Waals surface area contributed by atoms with Gasteiger partial charge in [0.1, 0.15) is 5.76 Å². The molecule has 0 aliphatic heterocycles. The zero-order valence-corrected chi connectivity index (χ0v) is 11.8. The SMILES string of the molecule is C=C/C(=C\C=C(/C)Cl)OC(C)NC(=C)C(C)C. The van der Waals surface area contributed by atoms with Gasteiger partial charge >= 0.3 is 0 Å². The number of nitrogens with one attached hydrogen (secondary N) is 1. The van der Waals surface area contributed by atoms with E-state index in [0.29, 0.717) is 16.7 Å². The maximum Gasteiger partial charge on any atom is 0.166 e. The van der Waals surface area contributed by atoms with Crippen LogP contribution in [0.1, 0.15) is 27.7 Å². The predicted molar refractivity (Wildman–Crippen MR) is 75.6 cm³/mol. The van der Waals surface area contributed by atoms with Crippen LogP contribution < -0.4 is 5.32 Å². The number of ether oxygens (including phenoxy) is 1. The average molecular weight is 256 g/mol. The molecule has 17 heavy (non-hydrogen) atoms. The van der Waals surface area contributed by atoms with E-state index in [1.54, 1.807) is 25.2 Å². The van der Waals surface area contributed by atoms with Crippen LogP contribution in [0.4, 0.5) is 0 Å². The van der Waals surface area contributed by atoms with Gasteiger partial charge in [-0.1, -0.05) is 38.6 Å². The molecule has 0 radical (unpaired) electrons. The summed E-state index contributed by atoms with van der Waals surface area (Å²) in [6.45, 7) is 15.5. The molecular weight excluding hydrogens is 234 g/mol. The van der Waals surface area contributed by atoms with Crippen molar-refractivity contribution in [2.24, 2.45) is 5.92 Å². The van der Waals surface area contributed by atoms with Crippen LogP contribution in [0, 0.1) is 5.92 Å². The van der Waals surface area contributed by atoms with Crippen LogP contribution in [0.2, 0.25) is 0 Å². The van der Waals surface area contributed by atoms with Gasteiger partial charge < -0.3 is 10.1 Å². The highest BCUT2D eigenvalue weighted by atomic mass is 35.5. The molecule has 0 aromatic heterocycles. The molecular formula is C14H22ClNO. The molecule has 0 bridgehead atoms. The second-order valence-electron chi connectivity index (χ2n) is 4.11. The molecule has 0 spiro atoms. The van der Waals surface area contributed by atoms with E-state index in [1.165, 1.54) is 0 Å². The Bertz CT molecular complexity index is 325. The zero-order valence-electron chi connectivity index (χ0n) is 11.1. The first-order valence-corrected chi connectivity index (χ1v) is 6.03. The van der Waals surface area contributed by atoms with Gasteiger partial charge in [0.15, 0.2) is 6.23 Å². The molecule has 0 aromatic carbocycles. The summed E-state index contributed by atoms with van der Waals surface area (Å²) in [7, 11) is 0. The summed E-state index contributed by atoms with van der Waals surface area (Å²) in [5.41, 5.74) is 0.949. The molecule has 0 amide bonds. The van der Waals surface area contributed by atoms with Gasteiger partial charge in [-0.2, -0.15) is 0 Å². The minimum atomic E-state index is -0.154. The fourth-order valence-electron chi connectivity index (χ4n) is 1.01. The van der Waals surface area contributed by atoms with Gasteiger partial charge in [-0.3, -0.25) is 0 Å². The highest BCUT2D eigenvalue weighted by molar-refractivity contribution is 6.29. The van der Waals surface area contributed by atoms with E-state index in [9.17, 15) is 0 Å². The third-order valence-electron chi connectivity index (χ3n) is 2.08. The van der Waals surface area contributed by atoms with Crippen molar-refractivity contribution in [3.05, 3.63) is 47.9 Å². The Kier molecular flexibility index (Phi) is 7.47. The lowest BCUT2D eigenvalue weighted by Crippen LogP contribution is -2.29. The van der Waals surface area contributed by atoms with Crippen LogP contribution in [0.25, 0.3) is 0 Å². The Balaban J connectivity index is 4.39. The van der Waals surface area contributed by atoms with Crippen molar-refractivity contribution in [3.8, 4) is 0 Å².